The van der Waals surface area contributed by atoms with Gasteiger partial charge in [0, 0.05) is 21.2 Å². The summed E-state index contributed by atoms with van der Waals surface area (Å²) >= 11 is 0. The maximum Gasteiger partial charge on any atom is 0.109 e. The topological polar surface area (TPSA) is 37.2 Å². The van der Waals surface area contributed by atoms with Gasteiger partial charge in [0.25, 0.3) is 0 Å². The minimum absolute atomic E-state index is 0.395. The smallest absolute Gasteiger partial charge is 0.109 e. The van der Waals surface area contributed by atoms with E-state index in [4.69, 9.17) is 0 Å². The summed E-state index contributed by atoms with van der Waals surface area (Å²) in [6, 6.07) is 2.46. The summed E-state index contributed by atoms with van der Waals surface area (Å²) in [6.45, 7) is 0.395. The number of nitrogens with zero attached hydrogens (tertiary/aromatic N) is 3. The van der Waals surface area contributed by atoms with Crippen LogP contribution in [0.2, 0.25) is 0 Å². The Morgan fingerprint density at radius 1 is 1.50 bits per heavy atom. The molecule has 10 heavy (non-hydrogen) atoms. The molecule has 0 rings (SSSR count). The highest BCUT2D eigenvalue weighted by Gasteiger charge is 1.72. The fourth-order valence-corrected chi connectivity index (χ4v) is 0.252. The molecule has 0 fully saturated rings. The van der Waals surface area contributed by atoms with Gasteiger partial charge in [0.2, 0.25) is 0 Å². The van der Waals surface area contributed by atoms with E-state index in [9.17, 15) is 0 Å². The van der Waals surface area contributed by atoms with Crippen molar-refractivity contribution in [3.05, 3.63) is 0 Å². The van der Waals surface area contributed by atoms with Crippen LogP contribution >= 0.6 is 0 Å². The molecule has 0 radical (unpaired) electrons. The predicted molar refractivity (Wildman–Crippen MR) is 38.2 cm³/mol. The average molecular weight is 141 g/mol. The van der Waals surface area contributed by atoms with E-state index in [2.05, 4.69) is 27.0 Å². The van der Waals surface area contributed by atoms with Gasteiger partial charge in [-0.05, 0) is 5.92 Å². The quantitative estimate of drug-likeness (QED) is 0.319. The van der Waals surface area contributed by atoms with E-state index >= 15 is 0 Å². The minimum Gasteiger partial charge on any atom is -0.372 e. The standard InChI is InChI=1S/C6H11N3O/c1-9(2)8-7-5-4-6-10-3/h6H2,1-3H3/b8-7-. The van der Waals surface area contributed by atoms with Crippen LogP contribution in [0.1, 0.15) is 0 Å². The van der Waals surface area contributed by atoms with Gasteiger partial charge < -0.3 is 4.74 Å². The van der Waals surface area contributed by atoms with Crippen molar-refractivity contribution in [2.45, 2.75) is 0 Å². The molecule has 4 nitrogen and oxygen atoms in total. The molecule has 0 amide bonds. The van der Waals surface area contributed by atoms with Crippen LogP contribution in [0, 0.1) is 12.0 Å². The molecule has 0 aliphatic carbocycles. The summed E-state index contributed by atoms with van der Waals surface area (Å²) in [5.41, 5.74) is 0. The van der Waals surface area contributed by atoms with Crippen LogP contribution in [0.3, 0.4) is 0 Å². The Hall–Kier alpha value is -1.08. The van der Waals surface area contributed by atoms with Crippen LogP contribution in [0.4, 0.5) is 0 Å². The second kappa shape index (κ2) is 6.05. The molecule has 0 atom stereocenters. The van der Waals surface area contributed by atoms with Gasteiger partial charge in [-0.15, -0.1) is 0 Å². The van der Waals surface area contributed by atoms with Gasteiger partial charge in [-0.3, -0.25) is 5.01 Å². The van der Waals surface area contributed by atoms with Crippen molar-refractivity contribution in [1.29, 1.82) is 0 Å². The molecule has 0 spiro atoms. The van der Waals surface area contributed by atoms with Gasteiger partial charge in [0.1, 0.15) is 6.61 Å². The Morgan fingerprint density at radius 3 is 2.70 bits per heavy atom. The number of ether oxygens (including phenoxy) is 1. The molecule has 0 saturated heterocycles. The van der Waals surface area contributed by atoms with Crippen LogP contribution in [0.25, 0.3) is 0 Å². The Balaban J connectivity index is 3.44. The highest BCUT2D eigenvalue weighted by Crippen LogP contribution is 1.75. The highest BCUT2D eigenvalue weighted by atomic mass is 16.5. The Bertz CT molecular complexity index is 154. The molecule has 0 aromatic rings. The normalized spacial score (nSPS) is 9.10. The lowest BCUT2D eigenvalue weighted by Gasteiger charge is -1.96. The fraction of sp³-hybridized carbons (Fsp3) is 0.667. The molecular weight excluding hydrogens is 130 g/mol. The number of rotatable bonds is 2. The molecule has 0 aliphatic heterocycles. The monoisotopic (exact) mass is 141 g/mol. The van der Waals surface area contributed by atoms with Crippen LogP contribution in [0.5, 0.6) is 0 Å². The summed E-state index contributed by atoms with van der Waals surface area (Å²) in [5.74, 6) is 2.63. The van der Waals surface area contributed by atoms with E-state index in [1.54, 1.807) is 26.2 Å². The zero-order valence-electron chi connectivity index (χ0n) is 6.46. The zero-order valence-corrected chi connectivity index (χ0v) is 6.46. The van der Waals surface area contributed by atoms with Crippen molar-refractivity contribution >= 4 is 0 Å². The SMILES string of the molecule is COCC#C/N=N\N(C)C. The van der Waals surface area contributed by atoms with Crippen LogP contribution in [-0.2, 0) is 4.74 Å². The third-order valence-electron chi connectivity index (χ3n) is 0.569. The molecule has 56 valence electrons. The van der Waals surface area contributed by atoms with Gasteiger partial charge in [-0.1, -0.05) is 10.3 Å². The van der Waals surface area contributed by atoms with Crippen molar-refractivity contribution in [3.63, 3.8) is 0 Å². The van der Waals surface area contributed by atoms with Crippen LogP contribution < -0.4 is 0 Å². The summed E-state index contributed by atoms with van der Waals surface area (Å²) in [4.78, 5) is 0. The van der Waals surface area contributed by atoms with Crippen molar-refractivity contribution in [3.8, 4) is 12.0 Å². The Labute approximate surface area is 60.9 Å². The molecule has 0 bridgehead atoms. The molecular formula is C6H11N3O. The first-order valence-corrected chi connectivity index (χ1v) is 2.82. The first-order valence-electron chi connectivity index (χ1n) is 2.82. The van der Waals surface area contributed by atoms with E-state index in [0.717, 1.165) is 0 Å². The highest BCUT2D eigenvalue weighted by molar-refractivity contribution is 4.95. The van der Waals surface area contributed by atoms with E-state index in [0.29, 0.717) is 6.61 Å². The molecule has 0 aromatic carbocycles. The molecule has 0 N–H and O–H groups in total. The zero-order chi connectivity index (χ0) is 7.82. The van der Waals surface area contributed by atoms with E-state index in [1.165, 1.54) is 0 Å². The van der Waals surface area contributed by atoms with Crippen molar-refractivity contribution in [2.75, 3.05) is 27.8 Å². The second-order valence-corrected chi connectivity index (χ2v) is 1.76. The van der Waals surface area contributed by atoms with Gasteiger partial charge >= 0.3 is 0 Å². The van der Waals surface area contributed by atoms with Crippen molar-refractivity contribution < 1.29 is 4.74 Å². The molecule has 0 heterocycles. The lowest BCUT2D eigenvalue weighted by atomic mass is 10.7. The average Bonchev–Trinajstić information content (AvgIpc) is 1.87. The molecule has 4 heteroatoms. The summed E-state index contributed by atoms with van der Waals surface area (Å²) in [7, 11) is 5.14. The Kier molecular flexibility index (Phi) is 5.39. The number of hydrogen-bond acceptors (Lipinski definition) is 3. The number of methoxy groups -OCH3 is 1. The Morgan fingerprint density at radius 2 is 2.20 bits per heavy atom. The summed E-state index contributed by atoms with van der Waals surface area (Å²) < 4.78 is 4.66. The van der Waals surface area contributed by atoms with Crippen LogP contribution in [0.15, 0.2) is 10.3 Å². The maximum absolute atomic E-state index is 4.66. The second-order valence-electron chi connectivity index (χ2n) is 1.76. The minimum atomic E-state index is 0.395. The van der Waals surface area contributed by atoms with Crippen LogP contribution in [-0.4, -0.2) is 32.8 Å². The summed E-state index contributed by atoms with van der Waals surface area (Å²) in [5, 5.41) is 8.71. The molecule has 0 saturated carbocycles. The predicted octanol–water partition coefficient (Wildman–Crippen LogP) is 0.522. The van der Waals surface area contributed by atoms with Gasteiger partial charge in [-0.2, -0.15) is 0 Å². The fourth-order valence-electron chi connectivity index (χ4n) is 0.252. The van der Waals surface area contributed by atoms with Crippen molar-refractivity contribution in [2.24, 2.45) is 10.3 Å². The number of hydrogen-bond donors (Lipinski definition) is 0. The molecule has 0 aliphatic rings. The molecule has 0 unspecified atom stereocenters. The first kappa shape index (κ1) is 8.92. The third-order valence-corrected chi connectivity index (χ3v) is 0.569. The maximum atomic E-state index is 4.66. The van der Waals surface area contributed by atoms with Gasteiger partial charge in [0.05, 0.1) is 6.04 Å². The summed E-state index contributed by atoms with van der Waals surface area (Å²) in [6.07, 6.45) is 0. The largest absolute Gasteiger partial charge is 0.372 e. The third kappa shape index (κ3) is 6.92. The van der Waals surface area contributed by atoms with E-state index < -0.39 is 0 Å². The van der Waals surface area contributed by atoms with Gasteiger partial charge in [0.15, 0.2) is 0 Å². The lowest BCUT2D eigenvalue weighted by Crippen LogP contribution is -1.98. The molecule has 0 aromatic heterocycles. The first-order chi connectivity index (χ1) is 4.77. The van der Waals surface area contributed by atoms with Crippen molar-refractivity contribution in [1.82, 2.24) is 5.01 Å². The van der Waals surface area contributed by atoms with E-state index in [1.807, 2.05) is 0 Å². The van der Waals surface area contributed by atoms with E-state index in [-0.39, 0.29) is 0 Å². The lowest BCUT2D eigenvalue weighted by molar-refractivity contribution is 0.239. The van der Waals surface area contributed by atoms with Gasteiger partial charge in [-0.25, -0.2) is 0 Å².